The van der Waals surface area contributed by atoms with Crippen molar-refractivity contribution in [3.05, 3.63) is 58.6 Å². The minimum absolute atomic E-state index is 0.0108. The largest absolute Gasteiger partial charge is 0.325 e. The summed E-state index contributed by atoms with van der Waals surface area (Å²) in [5.74, 6) is 0.359. The Morgan fingerprint density at radius 3 is 2.50 bits per heavy atom. The molecule has 6 rings (SSSR count). The number of hydrogen-bond donors (Lipinski definition) is 0. The third-order valence-corrected chi connectivity index (χ3v) is 9.24. The Bertz CT molecular complexity index is 1480. The number of sulfonamides is 1. The number of carbonyl (C=O) groups is 1. The van der Waals surface area contributed by atoms with Crippen molar-refractivity contribution in [2.24, 2.45) is 0 Å². The van der Waals surface area contributed by atoms with E-state index < -0.39 is 15.4 Å². The average Bonchev–Trinajstić information content (AvgIpc) is 3.52. The number of hydrogen-bond acceptors (Lipinski definition) is 5. The van der Waals surface area contributed by atoms with Crippen molar-refractivity contribution in [3.63, 3.8) is 0 Å². The molecule has 0 atom stereocenters. The van der Waals surface area contributed by atoms with E-state index in [9.17, 15) is 17.6 Å². The smallest absolute Gasteiger partial charge is 0.238 e. The maximum absolute atomic E-state index is 14.2. The summed E-state index contributed by atoms with van der Waals surface area (Å²) in [6.45, 7) is 3.82. The van der Waals surface area contributed by atoms with Gasteiger partial charge in [-0.3, -0.25) is 9.69 Å². The van der Waals surface area contributed by atoms with Gasteiger partial charge < -0.3 is 9.47 Å². The van der Waals surface area contributed by atoms with Crippen molar-refractivity contribution in [1.29, 1.82) is 0 Å². The van der Waals surface area contributed by atoms with Crippen LogP contribution in [0.2, 0.25) is 5.02 Å². The van der Waals surface area contributed by atoms with Crippen LogP contribution >= 0.6 is 11.6 Å². The first kappa shape index (κ1) is 23.8. The van der Waals surface area contributed by atoms with Crippen LogP contribution in [0.4, 0.5) is 10.1 Å². The summed E-state index contributed by atoms with van der Waals surface area (Å²) in [6.07, 6.45) is 2.81. The first-order chi connectivity index (χ1) is 17.2. The van der Waals surface area contributed by atoms with E-state index in [2.05, 4.69) is 9.47 Å². The second-order valence-electron chi connectivity index (χ2n) is 9.95. The van der Waals surface area contributed by atoms with E-state index in [1.807, 2.05) is 18.2 Å². The Labute approximate surface area is 214 Å². The van der Waals surface area contributed by atoms with Crippen LogP contribution in [-0.2, 0) is 33.3 Å². The molecule has 0 radical (unpaired) electrons. The zero-order chi connectivity index (χ0) is 25.2. The highest BCUT2D eigenvalue weighted by Gasteiger charge is 2.59. The second-order valence-corrected chi connectivity index (χ2v) is 12.4. The molecule has 2 aromatic carbocycles. The van der Waals surface area contributed by atoms with Crippen molar-refractivity contribution in [3.8, 4) is 0 Å². The zero-order valence-corrected chi connectivity index (χ0v) is 21.5. The lowest BCUT2D eigenvalue weighted by Gasteiger charge is -2.33. The molecule has 0 N–H and O–H groups in total. The summed E-state index contributed by atoms with van der Waals surface area (Å²) >= 11 is 6.24. The Morgan fingerprint density at radius 1 is 1.06 bits per heavy atom. The van der Waals surface area contributed by atoms with Gasteiger partial charge in [0.2, 0.25) is 15.9 Å². The molecule has 1 aromatic heterocycles. The monoisotopic (exact) mass is 531 g/mol. The summed E-state index contributed by atoms with van der Waals surface area (Å²) in [5.41, 5.74) is 2.68. The highest BCUT2D eigenvalue weighted by molar-refractivity contribution is 7.88. The fraction of sp³-hybridized carbons (Fsp3) is 0.440. The van der Waals surface area contributed by atoms with Gasteiger partial charge in [-0.2, -0.15) is 4.31 Å². The minimum Gasteiger partial charge on any atom is -0.325 e. The van der Waals surface area contributed by atoms with E-state index in [-0.39, 0.29) is 18.3 Å². The molecular weight excluding hydrogens is 505 g/mol. The van der Waals surface area contributed by atoms with Gasteiger partial charge in [-0.25, -0.2) is 17.8 Å². The van der Waals surface area contributed by atoms with Crippen molar-refractivity contribution in [2.75, 3.05) is 43.9 Å². The van der Waals surface area contributed by atoms with Gasteiger partial charge in [0.15, 0.2) is 0 Å². The van der Waals surface area contributed by atoms with Crippen molar-refractivity contribution in [1.82, 2.24) is 18.8 Å². The van der Waals surface area contributed by atoms with E-state index in [4.69, 9.17) is 16.6 Å². The number of aromatic nitrogens is 2. The van der Waals surface area contributed by atoms with E-state index in [1.165, 1.54) is 22.7 Å². The molecule has 1 saturated carbocycles. The fourth-order valence-corrected chi connectivity index (χ4v) is 6.56. The Hall–Kier alpha value is -2.53. The van der Waals surface area contributed by atoms with Gasteiger partial charge in [-0.05, 0) is 48.7 Å². The van der Waals surface area contributed by atoms with Crippen LogP contribution in [0.25, 0.3) is 11.0 Å². The van der Waals surface area contributed by atoms with Crippen LogP contribution in [0.15, 0.2) is 36.4 Å². The molecule has 0 bridgehead atoms. The maximum Gasteiger partial charge on any atom is 0.238 e. The van der Waals surface area contributed by atoms with Gasteiger partial charge in [0, 0.05) is 44.3 Å². The molecule has 36 heavy (non-hydrogen) atoms. The Balaban J connectivity index is 1.28. The predicted molar refractivity (Wildman–Crippen MR) is 136 cm³/mol. The summed E-state index contributed by atoms with van der Waals surface area (Å²) in [7, 11) is -3.18. The molecule has 1 saturated heterocycles. The maximum atomic E-state index is 14.2. The number of halogens is 2. The van der Waals surface area contributed by atoms with E-state index in [1.54, 1.807) is 11.0 Å². The number of nitrogens with zero attached hydrogens (tertiary/aromatic N) is 5. The van der Waals surface area contributed by atoms with Crippen molar-refractivity contribution >= 4 is 44.3 Å². The average molecular weight is 532 g/mol. The molecule has 2 fully saturated rings. The number of carbonyl (C=O) groups excluding carboxylic acids is 1. The van der Waals surface area contributed by atoms with Crippen LogP contribution in [0.1, 0.15) is 24.2 Å². The number of fused-ring (bicyclic) bond motifs is 3. The molecule has 1 spiro atoms. The molecule has 2 aliphatic heterocycles. The molecule has 1 aliphatic carbocycles. The van der Waals surface area contributed by atoms with Gasteiger partial charge >= 0.3 is 0 Å². The number of amides is 1. The summed E-state index contributed by atoms with van der Waals surface area (Å²) < 4.78 is 41.4. The lowest BCUT2D eigenvalue weighted by Crippen LogP contribution is -2.49. The Kier molecular flexibility index (Phi) is 5.64. The second kappa shape index (κ2) is 8.51. The van der Waals surface area contributed by atoms with Crippen molar-refractivity contribution < 1.29 is 17.6 Å². The highest BCUT2D eigenvalue weighted by Crippen LogP contribution is 2.57. The van der Waals surface area contributed by atoms with E-state index in [0.29, 0.717) is 55.8 Å². The highest BCUT2D eigenvalue weighted by atomic mass is 35.5. The Morgan fingerprint density at radius 2 is 1.81 bits per heavy atom. The number of benzene rings is 2. The molecule has 190 valence electrons. The van der Waals surface area contributed by atoms with Gasteiger partial charge in [0.1, 0.15) is 11.6 Å². The lowest BCUT2D eigenvalue weighted by atomic mass is 9.98. The fourth-order valence-electron chi connectivity index (χ4n) is 5.57. The number of piperazine rings is 1. The number of rotatable bonds is 6. The molecule has 0 unspecified atom stereocenters. The minimum atomic E-state index is -3.18. The number of imidazole rings is 1. The van der Waals surface area contributed by atoms with E-state index >= 15 is 0 Å². The van der Waals surface area contributed by atoms with Gasteiger partial charge in [-0.15, -0.1) is 0 Å². The van der Waals surface area contributed by atoms with E-state index in [0.717, 1.165) is 29.4 Å². The van der Waals surface area contributed by atoms with Crippen LogP contribution < -0.4 is 4.90 Å². The molecule has 8 nitrogen and oxygen atoms in total. The molecule has 3 aliphatic rings. The summed E-state index contributed by atoms with van der Waals surface area (Å²) in [5, 5.41) is 0.581. The first-order valence-electron chi connectivity index (χ1n) is 12.1. The summed E-state index contributed by atoms with van der Waals surface area (Å²) in [4.78, 5) is 22.2. The lowest BCUT2D eigenvalue weighted by molar-refractivity contribution is -0.120. The zero-order valence-electron chi connectivity index (χ0n) is 20.0. The SMILES string of the molecule is CS(=O)(=O)N1CCN(CCn2c(CN3C(=O)C4(CC4)c4ccc(F)cc43)nc3cc(Cl)ccc32)CC1. The van der Waals surface area contributed by atoms with Crippen LogP contribution in [0.5, 0.6) is 0 Å². The number of anilines is 1. The molecular formula is C25H27ClFN5O3S. The van der Waals surface area contributed by atoms with Crippen LogP contribution in [0.3, 0.4) is 0 Å². The molecule has 3 heterocycles. The van der Waals surface area contributed by atoms with Gasteiger partial charge in [0.25, 0.3) is 0 Å². The topological polar surface area (TPSA) is 78.8 Å². The molecule has 3 aromatic rings. The molecule has 11 heteroatoms. The third kappa shape index (κ3) is 4.00. The van der Waals surface area contributed by atoms with Gasteiger partial charge in [0.05, 0.1) is 34.9 Å². The third-order valence-electron chi connectivity index (χ3n) is 7.70. The summed E-state index contributed by atoms with van der Waals surface area (Å²) in [6, 6.07) is 10.2. The quantitative estimate of drug-likeness (QED) is 0.488. The van der Waals surface area contributed by atoms with Crippen LogP contribution in [-0.4, -0.2) is 72.1 Å². The van der Waals surface area contributed by atoms with Crippen LogP contribution in [0, 0.1) is 5.82 Å². The van der Waals surface area contributed by atoms with Gasteiger partial charge in [-0.1, -0.05) is 17.7 Å². The molecule has 1 amide bonds. The normalized spacial score (nSPS) is 20.0. The predicted octanol–water partition coefficient (Wildman–Crippen LogP) is 2.98. The standard InChI is InChI=1S/C25H27ClFN5O3S/c1-36(34,35)30-11-8-29(9-12-30)10-13-31-21-5-2-17(26)14-20(21)28-23(31)16-32-22-15-18(27)3-4-19(22)25(6-7-25)24(32)33/h2-5,14-15H,6-13,16H2,1H3. The van der Waals surface area contributed by atoms with Crippen molar-refractivity contribution in [2.45, 2.75) is 31.3 Å². The first-order valence-corrected chi connectivity index (χ1v) is 14.3.